The number of hydrogen-bond donors (Lipinski definition) is 0. The molecule has 62 valence electrons. The molecule has 1 amide bonds. The van der Waals surface area contributed by atoms with E-state index in [0.29, 0.717) is 6.61 Å². The maximum absolute atomic E-state index is 11.1. The van der Waals surface area contributed by atoms with E-state index in [1.165, 1.54) is 4.90 Å². The van der Waals surface area contributed by atoms with E-state index in [1.807, 2.05) is 0 Å². The van der Waals surface area contributed by atoms with Crippen LogP contribution in [-0.2, 0) is 14.3 Å². The Morgan fingerprint density at radius 3 is 2.82 bits per heavy atom. The first-order valence-corrected chi connectivity index (χ1v) is 3.50. The molecular weight excluding hydrogens is 146 g/mol. The number of Topliss-reactive ketones (excluding diaryl/α,β-unsaturated/α-hetero) is 1. The van der Waals surface area contributed by atoms with Crippen LogP contribution >= 0.6 is 0 Å². The van der Waals surface area contributed by atoms with Gasteiger partial charge in [-0.05, 0) is 0 Å². The maximum Gasteiger partial charge on any atom is 0.291 e. The van der Waals surface area contributed by atoms with Crippen LogP contribution in [0.15, 0.2) is 0 Å². The molecule has 0 aromatic heterocycles. The second-order valence-electron chi connectivity index (χ2n) is 2.77. The summed E-state index contributed by atoms with van der Waals surface area (Å²) in [5.74, 6) is -1.10. The van der Waals surface area contributed by atoms with Gasteiger partial charge < -0.3 is 9.64 Å². The summed E-state index contributed by atoms with van der Waals surface area (Å²) < 4.78 is 5.04. The minimum atomic E-state index is -0.449. The van der Waals surface area contributed by atoms with E-state index in [-0.39, 0.29) is 18.4 Å². The number of carbonyl (C=O) groups is 2. The molecule has 0 aromatic carbocycles. The fourth-order valence-electron chi connectivity index (χ4n) is 0.900. The zero-order valence-electron chi connectivity index (χ0n) is 6.66. The summed E-state index contributed by atoms with van der Waals surface area (Å²) in [5.41, 5.74) is 0. The molecule has 0 N–H and O–H groups in total. The van der Waals surface area contributed by atoms with Gasteiger partial charge >= 0.3 is 0 Å². The lowest BCUT2D eigenvalue weighted by molar-refractivity contribution is -0.145. The summed E-state index contributed by atoms with van der Waals surface area (Å²) in [6.07, 6.45) is 0. The van der Waals surface area contributed by atoms with Gasteiger partial charge in [-0.1, -0.05) is 6.92 Å². The Labute approximate surface area is 65.1 Å². The minimum Gasteiger partial charge on any atom is -0.360 e. The molecule has 1 saturated heterocycles. The Morgan fingerprint density at radius 1 is 1.55 bits per heavy atom. The minimum absolute atomic E-state index is 0.217. The number of hydrogen-bond acceptors (Lipinski definition) is 3. The number of amides is 1. The van der Waals surface area contributed by atoms with Crippen molar-refractivity contribution in [2.75, 3.05) is 20.4 Å². The van der Waals surface area contributed by atoms with Crippen molar-refractivity contribution in [3.63, 3.8) is 0 Å². The molecule has 1 rings (SSSR count). The number of nitrogens with zero attached hydrogens (tertiary/aromatic N) is 1. The van der Waals surface area contributed by atoms with E-state index in [2.05, 4.69) is 0 Å². The molecule has 4 heteroatoms. The Kier molecular flexibility index (Phi) is 2.24. The Morgan fingerprint density at radius 2 is 2.18 bits per heavy atom. The van der Waals surface area contributed by atoms with Gasteiger partial charge in [-0.15, -0.1) is 0 Å². The molecule has 1 atom stereocenters. The normalized spacial score (nSPS) is 27.1. The maximum atomic E-state index is 11.1. The third-order valence-corrected chi connectivity index (χ3v) is 1.66. The molecule has 1 aliphatic heterocycles. The third kappa shape index (κ3) is 1.57. The number of carbonyl (C=O) groups excluding carboxylic acids is 2. The van der Waals surface area contributed by atoms with Crippen molar-refractivity contribution in [3.8, 4) is 0 Å². The fourth-order valence-corrected chi connectivity index (χ4v) is 0.900. The molecule has 1 unspecified atom stereocenters. The van der Waals surface area contributed by atoms with Crippen LogP contribution in [0.4, 0.5) is 0 Å². The largest absolute Gasteiger partial charge is 0.360 e. The van der Waals surface area contributed by atoms with Gasteiger partial charge in [0.05, 0.1) is 6.61 Å². The van der Waals surface area contributed by atoms with E-state index in [1.54, 1.807) is 14.0 Å². The summed E-state index contributed by atoms with van der Waals surface area (Å²) in [6, 6.07) is 0. The summed E-state index contributed by atoms with van der Waals surface area (Å²) in [6.45, 7) is 2.25. The van der Waals surface area contributed by atoms with Crippen LogP contribution < -0.4 is 0 Å². The molecule has 0 aromatic rings. The predicted molar refractivity (Wildman–Crippen MR) is 37.8 cm³/mol. The van der Waals surface area contributed by atoms with Crippen molar-refractivity contribution in [3.05, 3.63) is 0 Å². The van der Waals surface area contributed by atoms with Crippen molar-refractivity contribution >= 4 is 11.7 Å². The average molecular weight is 157 g/mol. The first kappa shape index (κ1) is 8.20. The molecule has 0 radical (unpaired) electrons. The number of ether oxygens (including phenoxy) is 1. The highest BCUT2D eigenvalue weighted by molar-refractivity contribution is 6.36. The molecule has 1 aliphatic rings. The molecule has 0 aliphatic carbocycles. The van der Waals surface area contributed by atoms with Crippen LogP contribution in [0.3, 0.4) is 0 Å². The van der Waals surface area contributed by atoms with Crippen LogP contribution in [-0.4, -0.2) is 37.0 Å². The van der Waals surface area contributed by atoms with Crippen LogP contribution in [0.2, 0.25) is 0 Å². The third-order valence-electron chi connectivity index (χ3n) is 1.66. The summed E-state index contributed by atoms with van der Waals surface area (Å²) in [4.78, 5) is 23.4. The first-order valence-electron chi connectivity index (χ1n) is 3.50. The molecule has 1 fully saturated rings. The summed E-state index contributed by atoms with van der Waals surface area (Å²) in [5, 5.41) is 0. The van der Waals surface area contributed by atoms with Gasteiger partial charge in [0.2, 0.25) is 5.78 Å². The van der Waals surface area contributed by atoms with Crippen molar-refractivity contribution in [1.29, 1.82) is 0 Å². The van der Waals surface area contributed by atoms with Crippen LogP contribution in [0, 0.1) is 5.92 Å². The Balaban J connectivity index is 2.74. The molecule has 1 heterocycles. The predicted octanol–water partition coefficient (Wildman–Crippen LogP) is -0.362. The summed E-state index contributed by atoms with van der Waals surface area (Å²) >= 11 is 0. The van der Waals surface area contributed by atoms with E-state index >= 15 is 0 Å². The van der Waals surface area contributed by atoms with Gasteiger partial charge in [-0.3, -0.25) is 9.59 Å². The zero-order chi connectivity index (χ0) is 8.43. The smallest absolute Gasteiger partial charge is 0.291 e. The zero-order valence-corrected chi connectivity index (χ0v) is 6.66. The van der Waals surface area contributed by atoms with Gasteiger partial charge in [-0.2, -0.15) is 0 Å². The highest BCUT2D eigenvalue weighted by Crippen LogP contribution is 2.05. The lowest BCUT2D eigenvalue weighted by atomic mass is 10.1. The molecule has 11 heavy (non-hydrogen) atoms. The summed E-state index contributed by atoms with van der Waals surface area (Å²) in [7, 11) is 1.55. The number of ketones is 1. The average Bonchev–Trinajstić information content (AvgIpc) is 2.07. The standard InChI is InChI=1S/C7H11NO3/c1-5-3-11-4-8(2)7(10)6(5)9/h5H,3-4H2,1-2H3. The van der Waals surface area contributed by atoms with Crippen LogP contribution in [0.5, 0.6) is 0 Å². The van der Waals surface area contributed by atoms with Gasteiger partial charge in [0.1, 0.15) is 6.73 Å². The Bertz CT molecular complexity index is 170. The first-order chi connectivity index (χ1) is 5.13. The molecule has 4 nitrogen and oxygen atoms in total. The number of rotatable bonds is 0. The molecular formula is C7H11NO3. The van der Waals surface area contributed by atoms with E-state index < -0.39 is 5.91 Å². The topological polar surface area (TPSA) is 46.6 Å². The van der Waals surface area contributed by atoms with Crippen LogP contribution in [0.25, 0.3) is 0 Å². The molecule has 0 spiro atoms. The second kappa shape index (κ2) is 3.00. The van der Waals surface area contributed by atoms with E-state index in [9.17, 15) is 9.59 Å². The number of likely N-dealkylation sites (N-methyl/N-ethyl adjacent to an activating group) is 1. The highest BCUT2D eigenvalue weighted by Gasteiger charge is 2.27. The molecule has 0 bridgehead atoms. The quantitative estimate of drug-likeness (QED) is 0.451. The van der Waals surface area contributed by atoms with Gasteiger partial charge in [0, 0.05) is 13.0 Å². The highest BCUT2D eigenvalue weighted by atomic mass is 16.5. The van der Waals surface area contributed by atoms with Crippen molar-refractivity contribution in [2.45, 2.75) is 6.92 Å². The van der Waals surface area contributed by atoms with Crippen molar-refractivity contribution < 1.29 is 14.3 Å². The lowest BCUT2D eigenvalue weighted by Crippen LogP contribution is -2.33. The van der Waals surface area contributed by atoms with Crippen molar-refractivity contribution in [1.82, 2.24) is 4.90 Å². The van der Waals surface area contributed by atoms with Gasteiger partial charge in [-0.25, -0.2) is 0 Å². The van der Waals surface area contributed by atoms with Gasteiger partial charge in [0.25, 0.3) is 5.91 Å². The fraction of sp³-hybridized carbons (Fsp3) is 0.714. The van der Waals surface area contributed by atoms with Crippen LogP contribution in [0.1, 0.15) is 6.92 Å². The van der Waals surface area contributed by atoms with Gasteiger partial charge in [0.15, 0.2) is 0 Å². The second-order valence-corrected chi connectivity index (χ2v) is 2.77. The lowest BCUT2D eigenvalue weighted by Gasteiger charge is -2.10. The monoisotopic (exact) mass is 157 g/mol. The van der Waals surface area contributed by atoms with Crippen molar-refractivity contribution in [2.24, 2.45) is 5.92 Å². The SMILES string of the molecule is CC1COCN(C)C(=O)C1=O. The Hall–Kier alpha value is -0.900. The van der Waals surface area contributed by atoms with E-state index in [4.69, 9.17) is 4.74 Å². The van der Waals surface area contributed by atoms with E-state index in [0.717, 1.165) is 0 Å². The molecule has 0 saturated carbocycles.